The van der Waals surface area contributed by atoms with Gasteiger partial charge in [0.05, 0.1) is 30.5 Å². The molecule has 0 atom stereocenters. The molecular weight excluding hydrogens is 540 g/mol. The second kappa shape index (κ2) is 10.7. The van der Waals surface area contributed by atoms with Crippen molar-refractivity contribution in [2.24, 2.45) is 4.99 Å². The lowest BCUT2D eigenvalue weighted by Gasteiger charge is -2.10. The fourth-order valence-corrected chi connectivity index (χ4v) is 4.39. The molecule has 13 nitrogen and oxygen atoms in total. The molecule has 38 heavy (non-hydrogen) atoms. The first-order chi connectivity index (χ1) is 18.1. The number of rotatable bonds is 8. The number of sulfonamides is 1. The van der Waals surface area contributed by atoms with Crippen LogP contribution < -0.4 is 25.4 Å². The molecule has 0 saturated carbocycles. The van der Waals surface area contributed by atoms with E-state index in [2.05, 4.69) is 24.7 Å². The van der Waals surface area contributed by atoms with Crippen molar-refractivity contribution in [3.63, 3.8) is 0 Å². The Kier molecular flexibility index (Phi) is 7.45. The lowest BCUT2D eigenvalue weighted by molar-refractivity contribution is 0.353. The molecule has 15 heteroatoms. The van der Waals surface area contributed by atoms with Crippen molar-refractivity contribution in [1.82, 2.24) is 19.5 Å². The summed E-state index contributed by atoms with van der Waals surface area (Å²) in [5.41, 5.74) is -1.54. The molecule has 196 valence electrons. The second-order valence-electron chi connectivity index (χ2n) is 7.45. The minimum atomic E-state index is -4.05. The molecule has 4 aromatic rings. The van der Waals surface area contributed by atoms with Crippen LogP contribution in [0.4, 0.5) is 11.5 Å². The number of anilines is 1. The molecule has 0 radical (unpaired) electrons. The molecular formula is C23H19ClN6O7S. The molecule has 0 spiro atoms. The minimum Gasteiger partial charge on any atom is -0.493 e. The Morgan fingerprint density at radius 2 is 1.82 bits per heavy atom. The first-order valence-electron chi connectivity index (χ1n) is 10.6. The summed E-state index contributed by atoms with van der Waals surface area (Å²) in [7, 11) is -1.37. The van der Waals surface area contributed by atoms with Crippen LogP contribution in [-0.2, 0) is 10.0 Å². The molecule has 0 saturated heterocycles. The Balaban J connectivity index is 1.60. The number of H-pyrrole nitrogens is 1. The number of nitrogens with one attached hydrogen (secondary N) is 2. The van der Waals surface area contributed by atoms with E-state index >= 15 is 0 Å². The minimum absolute atomic E-state index is 0.0691. The van der Waals surface area contributed by atoms with E-state index in [1.54, 1.807) is 12.1 Å². The lowest BCUT2D eigenvalue weighted by Crippen LogP contribution is -2.31. The van der Waals surface area contributed by atoms with Gasteiger partial charge >= 0.3 is 11.7 Å². The van der Waals surface area contributed by atoms with Crippen LogP contribution in [0.15, 0.2) is 74.1 Å². The van der Waals surface area contributed by atoms with Gasteiger partial charge in [-0.1, -0.05) is 17.7 Å². The molecule has 4 rings (SSSR count). The fraction of sp³-hybridized carbons (Fsp3) is 0.0870. The first kappa shape index (κ1) is 26.4. The molecule has 0 aliphatic rings. The number of halogens is 1. The Labute approximate surface area is 220 Å². The van der Waals surface area contributed by atoms with E-state index < -0.39 is 27.2 Å². The van der Waals surface area contributed by atoms with Gasteiger partial charge in [-0.05, 0) is 42.5 Å². The quantitative estimate of drug-likeness (QED) is 0.273. The van der Waals surface area contributed by atoms with Gasteiger partial charge in [-0.3, -0.25) is 19.5 Å². The SMILES string of the molecule is COc1cc(NS(=O)(=O)c2ccc(N=Cc3c(O)n(-c4cccc(Cl)c4)c(=O)[nH]c3=O)cc2)nc(OC)n1. The van der Waals surface area contributed by atoms with Crippen molar-refractivity contribution in [3.05, 3.63) is 86.0 Å². The summed E-state index contributed by atoms with van der Waals surface area (Å²) in [6, 6.07) is 12.6. The standard InChI is InChI=1S/C23H19ClN6O7S/c1-36-19-11-18(26-22(27-19)37-2)29-38(34,35)16-8-6-14(7-9-16)25-12-17-20(31)28-23(33)30(21(17)32)15-5-3-4-13(24)10-15/h3-12,32H,1-2H3,(H,26,27,29)(H,28,31,33). The van der Waals surface area contributed by atoms with Crippen LogP contribution in [-0.4, -0.2) is 53.5 Å². The Bertz CT molecular complexity index is 1730. The van der Waals surface area contributed by atoms with Crippen LogP contribution in [0, 0.1) is 0 Å². The lowest BCUT2D eigenvalue weighted by atomic mass is 10.3. The zero-order chi connectivity index (χ0) is 27.4. The normalized spacial score (nSPS) is 11.4. The maximum absolute atomic E-state index is 12.8. The van der Waals surface area contributed by atoms with Gasteiger partial charge in [0.15, 0.2) is 5.82 Å². The summed E-state index contributed by atoms with van der Waals surface area (Å²) in [6.07, 6.45) is 1.05. The maximum Gasteiger partial charge on any atom is 0.335 e. The Morgan fingerprint density at radius 3 is 2.47 bits per heavy atom. The average Bonchev–Trinajstić information content (AvgIpc) is 2.88. The summed E-state index contributed by atoms with van der Waals surface area (Å²) in [5.74, 6) is -0.622. The second-order valence-corrected chi connectivity index (χ2v) is 9.57. The molecule has 2 heterocycles. The van der Waals surface area contributed by atoms with Crippen LogP contribution in [0.1, 0.15) is 5.56 Å². The molecule has 0 amide bonds. The third-order valence-corrected chi connectivity index (χ3v) is 6.60. The van der Waals surface area contributed by atoms with Crippen LogP contribution in [0.2, 0.25) is 5.02 Å². The number of nitrogens with zero attached hydrogens (tertiary/aromatic N) is 4. The van der Waals surface area contributed by atoms with Gasteiger partial charge in [0.1, 0.15) is 5.56 Å². The Hall–Kier alpha value is -4.69. The van der Waals surface area contributed by atoms with E-state index in [9.17, 15) is 23.1 Å². The third kappa shape index (κ3) is 5.66. The third-order valence-electron chi connectivity index (χ3n) is 4.99. The van der Waals surface area contributed by atoms with Gasteiger partial charge in [0, 0.05) is 17.3 Å². The number of ether oxygens (including phenoxy) is 2. The van der Waals surface area contributed by atoms with Gasteiger partial charge < -0.3 is 14.6 Å². The molecule has 0 unspecified atom stereocenters. The van der Waals surface area contributed by atoms with Gasteiger partial charge in [0.2, 0.25) is 11.8 Å². The fourth-order valence-electron chi connectivity index (χ4n) is 3.21. The van der Waals surface area contributed by atoms with Gasteiger partial charge in [-0.25, -0.2) is 17.8 Å². The van der Waals surface area contributed by atoms with Crippen molar-refractivity contribution >= 4 is 39.3 Å². The van der Waals surface area contributed by atoms with E-state index in [4.69, 9.17) is 21.1 Å². The van der Waals surface area contributed by atoms with Crippen molar-refractivity contribution in [2.75, 3.05) is 18.9 Å². The predicted molar refractivity (Wildman–Crippen MR) is 139 cm³/mol. The van der Waals surface area contributed by atoms with Crippen LogP contribution in [0.5, 0.6) is 17.8 Å². The zero-order valence-electron chi connectivity index (χ0n) is 19.7. The molecule has 3 N–H and O–H groups in total. The highest BCUT2D eigenvalue weighted by Gasteiger charge is 2.17. The predicted octanol–water partition coefficient (Wildman–Crippen LogP) is 2.24. The Morgan fingerprint density at radius 1 is 1.08 bits per heavy atom. The monoisotopic (exact) mass is 558 g/mol. The summed E-state index contributed by atoms with van der Waals surface area (Å²) < 4.78 is 38.7. The van der Waals surface area contributed by atoms with E-state index in [0.717, 1.165) is 10.8 Å². The molecule has 0 fully saturated rings. The first-order valence-corrected chi connectivity index (χ1v) is 12.5. The number of aromatic nitrogens is 4. The van der Waals surface area contributed by atoms with Gasteiger partial charge in [0.25, 0.3) is 15.6 Å². The molecule has 2 aromatic heterocycles. The van der Waals surface area contributed by atoms with Gasteiger partial charge in [-0.2, -0.15) is 9.97 Å². The highest BCUT2D eigenvalue weighted by Crippen LogP contribution is 2.23. The summed E-state index contributed by atoms with van der Waals surface area (Å²) >= 11 is 5.97. The average molecular weight is 559 g/mol. The van der Waals surface area contributed by atoms with Gasteiger partial charge in [-0.15, -0.1) is 0 Å². The van der Waals surface area contributed by atoms with E-state index in [1.165, 1.54) is 56.7 Å². The van der Waals surface area contributed by atoms with Crippen molar-refractivity contribution in [1.29, 1.82) is 0 Å². The van der Waals surface area contributed by atoms with E-state index in [1.807, 2.05) is 0 Å². The number of methoxy groups -OCH3 is 2. The van der Waals surface area contributed by atoms with Crippen molar-refractivity contribution in [2.45, 2.75) is 4.90 Å². The van der Waals surface area contributed by atoms with Crippen molar-refractivity contribution < 1.29 is 23.0 Å². The number of aromatic hydroxyl groups is 1. The van der Waals surface area contributed by atoms with Crippen LogP contribution in [0.25, 0.3) is 5.69 Å². The summed E-state index contributed by atoms with van der Waals surface area (Å²) in [4.78, 5) is 38.6. The smallest absolute Gasteiger partial charge is 0.335 e. The molecule has 2 aromatic carbocycles. The van der Waals surface area contributed by atoms with Crippen LogP contribution >= 0.6 is 11.6 Å². The zero-order valence-corrected chi connectivity index (χ0v) is 21.3. The molecule has 0 aliphatic carbocycles. The van der Waals surface area contributed by atoms with E-state index in [0.29, 0.717) is 5.02 Å². The highest BCUT2D eigenvalue weighted by molar-refractivity contribution is 7.92. The number of hydrogen-bond donors (Lipinski definition) is 3. The number of aromatic amines is 1. The number of benzene rings is 2. The van der Waals surface area contributed by atoms with Crippen molar-refractivity contribution in [3.8, 4) is 23.5 Å². The molecule has 0 bridgehead atoms. The van der Waals surface area contributed by atoms with Crippen LogP contribution in [0.3, 0.4) is 0 Å². The highest BCUT2D eigenvalue weighted by atomic mass is 35.5. The summed E-state index contributed by atoms with van der Waals surface area (Å²) in [5, 5.41) is 10.9. The topological polar surface area (TPSA) is 178 Å². The summed E-state index contributed by atoms with van der Waals surface area (Å²) in [6.45, 7) is 0. The maximum atomic E-state index is 12.8. The largest absolute Gasteiger partial charge is 0.493 e. The number of aliphatic imine (C=N–C) groups is 1. The molecule has 0 aliphatic heterocycles. The number of hydrogen-bond acceptors (Lipinski definition) is 10. The van der Waals surface area contributed by atoms with E-state index in [-0.39, 0.29) is 39.5 Å².